The van der Waals surface area contributed by atoms with Gasteiger partial charge >= 0.3 is 0 Å². The van der Waals surface area contributed by atoms with Crippen molar-refractivity contribution in [1.29, 1.82) is 0 Å². The second kappa shape index (κ2) is 6.39. The molecule has 2 atom stereocenters. The molecular weight excluding hydrogens is 318 g/mol. The van der Waals surface area contributed by atoms with E-state index in [-0.39, 0.29) is 4.90 Å². The zero-order valence-electron chi connectivity index (χ0n) is 13.2. The molecule has 0 aromatic heterocycles. The van der Waals surface area contributed by atoms with E-state index in [0.29, 0.717) is 23.9 Å². The predicted molar refractivity (Wildman–Crippen MR) is 86.2 cm³/mol. The minimum atomic E-state index is -4.26. The lowest BCUT2D eigenvalue weighted by Crippen LogP contribution is -2.44. The predicted octanol–water partition coefficient (Wildman–Crippen LogP) is 1.99. The molecule has 0 bridgehead atoms. The number of benzene rings is 1. The summed E-state index contributed by atoms with van der Waals surface area (Å²) in [6.45, 7) is 4.46. The Labute approximate surface area is 136 Å². The van der Waals surface area contributed by atoms with E-state index < -0.39 is 16.2 Å². The number of aliphatic hydroxyl groups is 1. The van der Waals surface area contributed by atoms with E-state index in [1.54, 1.807) is 6.07 Å². The SMILES string of the molecule is CC(C1CCOCC1)N1CCC(O)c2cc(S(=O)(=O)O)ccc21. The molecule has 3 rings (SSSR count). The van der Waals surface area contributed by atoms with Gasteiger partial charge in [0.25, 0.3) is 10.1 Å². The minimum absolute atomic E-state index is 0.170. The van der Waals surface area contributed by atoms with Gasteiger partial charge in [0.2, 0.25) is 0 Å². The van der Waals surface area contributed by atoms with E-state index in [2.05, 4.69) is 11.8 Å². The van der Waals surface area contributed by atoms with Gasteiger partial charge in [0, 0.05) is 37.1 Å². The summed E-state index contributed by atoms with van der Waals surface area (Å²) in [5.74, 6) is 0.521. The normalized spacial score (nSPS) is 24.3. The molecule has 0 spiro atoms. The van der Waals surface area contributed by atoms with E-state index >= 15 is 0 Å². The number of rotatable bonds is 3. The molecule has 2 unspecified atom stereocenters. The first-order valence-electron chi connectivity index (χ1n) is 8.02. The van der Waals surface area contributed by atoms with Crippen LogP contribution in [0.2, 0.25) is 0 Å². The third-order valence-corrected chi connectivity index (χ3v) is 5.90. The van der Waals surface area contributed by atoms with Crippen LogP contribution in [0.25, 0.3) is 0 Å². The Morgan fingerprint density at radius 3 is 2.61 bits per heavy atom. The molecule has 1 aromatic rings. The van der Waals surface area contributed by atoms with E-state index in [0.717, 1.165) is 38.3 Å². The van der Waals surface area contributed by atoms with Gasteiger partial charge < -0.3 is 14.7 Å². The van der Waals surface area contributed by atoms with Crippen LogP contribution in [0, 0.1) is 5.92 Å². The highest BCUT2D eigenvalue weighted by molar-refractivity contribution is 7.85. The van der Waals surface area contributed by atoms with Crippen molar-refractivity contribution in [1.82, 2.24) is 0 Å². The standard InChI is InChI=1S/C16H23NO5S/c1-11(12-5-8-22-9-6-12)17-7-4-16(18)14-10-13(23(19,20)21)2-3-15(14)17/h2-3,10-12,16,18H,4-9H2,1H3,(H,19,20,21). The van der Waals surface area contributed by atoms with Crippen LogP contribution in [0.3, 0.4) is 0 Å². The zero-order chi connectivity index (χ0) is 16.6. The number of hydrogen-bond acceptors (Lipinski definition) is 5. The third kappa shape index (κ3) is 3.38. The highest BCUT2D eigenvalue weighted by Gasteiger charge is 2.32. The van der Waals surface area contributed by atoms with Crippen LogP contribution in [-0.2, 0) is 14.9 Å². The number of fused-ring (bicyclic) bond motifs is 1. The molecule has 2 N–H and O–H groups in total. The molecule has 0 saturated carbocycles. The van der Waals surface area contributed by atoms with Crippen LogP contribution < -0.4 is 4.90 Å². The summed E-state index contributed by atoms with van der Waals surface area (Å²) >= 11 is 0. The van der Waals surface area contributed by atoms with Crippen molar-refractivity contribution in [2.45, 2.75) is 43.2 Å². The number of nitrogens with zero attached hydrogens (tertiary/aromatic N) is 1. The quantitative estimate of drug-likeness (QED) is 0.818. The molecule has 23 heavy (non-hydrogen) atoms. The molecular formula is C16H23NO5S. The van der Waals surface area contributed by atoms with E-state index in [9.17, 15) is 18.1 Å². The Balaban J connectivity index is 1.93. The summed E-state index contributed by atoms with van der Waals surface area (Å²) < 4.78 is 37.3. The summed E-state index contributed by atoms with van der Waals surface area (Å²) in [7, 11) is -4.26. The highest BCUT2D eigenvalue weighted by Crippen LogP contribution is 2.38. The topological polar surface area (TPSA) is 87.1 Å². The molecule has 0 amide bonds. The maximum atomic E-state index is 11.3. The smallest absolute Gasteiger partial charge is 0.294 e. The molecule has 1 aromatic carbocycles. The molecule has 0 radical (unpaired) electrons. The second-order valence-electron chi connectivity index (χ2n) is 6.38. The van der Waals surface area contributed by atoms with Crippen LogP contribution in [0.1, 0.15) is 37.9 Å². The van der Waals surface area contributed by atoms with Gasteiger partial charge in [-0.25, -0.2) is 0 Å². The van der Waals surface area contributed by atoms with Gasteiger partial charge in [-0.3, -0.25) is 4.55 Å². The Morgan fingerprint density at radius 1 is 1.26 bits per heavy atom. The summed E-state index contributed by atoms with van der Waals surface area (Å²) in [6, 6.07) is 4.77. The summed E-state index contributed by atoms with van der Waals surface area (Å²) in [5, 5.41) is 10.2. The van der Waals surface area contributed by atoms with Gasteiger partial charge in [-0.1, -0.05) is 0 Å². The highest BCUT2D eigenvalue weighted by atomic mass is 32.2. The molecule has 0 aliphatic carbocycles. The number of aliphatic hydroxyl groups excluding tert-OH is 1. The fraction of sp³-hybridized carbons (Fsp3) is 0.625. The van der Waals surface area contributed by atoms with E-state index in [1.807, 2.05) is 0 Å². The minimum Gasteiger partial charge on any atom is -0.388 e. The van der Waals surface area contributed by atoms with Crippen LogP contribution >= 0.6 is 0 Å². The molecule has 128 valence electrons. The molecule has 2 aliphatic rings. The Hall–Kier alpha value is -1.15. The van der Waals surface area contributed by atoms with Crippen LogP contribution in [-0.4, -0.2) is 43.9 Å². The lowest BCUT2D eigenvalue weighted by molar-refractivity contribution is 0.0583. The van der Waals surface area contributed by atoms with Gasteiger partial charge in [-0.05, 0) is 50.3 Å². The zero-order valence-corrected chi connectivity index (χ0v) is 14.0. The van der Waals surface area contributed by atoms with Crippen LogP contribution in [0.15, 0.2) is 23.1 Å². The van der Waals surface area contributed by atoms with Crippen molar-refractivity contribution < 1.29 is 22.8 Å². The van der Waals surface area contributed by atoms with E-state index in [4.69, 9.17) is 4.74 Å². The Bertz CT molecular complexity index is 669. The third-order valence-electron chi connectivity index (χ3n) is 5.05. The van der Waals surface area contributed by atoms with Crippen molar-refractivity contribution in [3.63, 3.8) is 0 Å². The van der Waals surface area contributed by atoms with Crippen LogP contribution in [0.4, 0.5) is 5.69 Å². The monoisotopic (exact) mass is 341 g/mol. The molecule has 2 heterocycles. The van der Waals surface area contributed by atoms with Crippen LogP contribution in [0.5, 0.6) is 0 Å². The first kappa shape index (κ1) is 16.7. The fourth-order valence-electron chi connectivity index (χ4n) is 3.63. The summed E-state index contributed by atoms with van der Waals surface area (Å²) in [6.07, 6.45) is 1.87. The average molecular weight is 341 g/mol. The summed E-state index contributed by atoms with van der Waals surface area (Å²) in [5.41, 5.74) is 1.43. The largest absolute Gasteiger partial charge is 0.388 e. The van der Waals surface area contributed by atoms with Crippen molar-refractivity contribution >= 4 is 15.8 Å². The lowest BCUT2D eigenvalue weighted by atomic mass is 9.89. The molecule has 6 nitrogen and oxygen atoms in total. The van der Waals surface area contributed by atoms with Crippen molar-refractivity contribution in [3.05, 3.63) is 23.8 Å². The van der Waals surface area contributed by atoms with Gasteiger partial charge in [0.15, 0.2) is 0 Å². The maximum Gasteiger partial charge on any atom is 0.294 e. The van der Waals surface area contributed by atoms with Gasteiger partial charge in [0.1, 0.15) is 0 Å². The van der Waals surface area contributed by atoms with Crippen molar-refractivity contribution in [2.24, 2.45) is 5.92 Å². The number of hydrogen-bond donors (Lipinski definition) is 2. The lowest BCUT2D eigenvalue weighted by Gasteiger charge is -2.42. The Kier molecular flexibility index (Phi) is 4.64. The molecule has 1 saturated heterocycles. The summed E-state index contributed by atoms with van der Waals surface area (Å²) in [4.78, 5) is 2.07. The van der Waals surface area contributed by atoms with Crippen molar-refractivity contribution in [3.8, 4) is 0 Å². The Morgan fingerprint density at radius 2 is 1.96 bits per heavy atom. The van der Waals surface area contributed by atoms with Gasteiger partial charge in [0.05, 0.1) is 11.0 Å². The van der Waals surface area contributed by atoms with Gasteiger partial charge in [-0.2, -0.15) is 8.42 Å². The first-order chi connectivity index (χ1) is 10.9. The van der Waals surface area contributed by atoms with E-state index in [1.165, 1.54) is 12.1 Å². The fourth-order valence-corrected chi connectivity index (χ4v) is 4.15. The molecule has 1 fully saturated rings. The maximum absolute atomic E-state index is 11.3. The number of anilines is 1. The molecule has 7 heteroatoms. The second-order valence-corrected chi connectivity index (χ2v) is 7.81. The molecule has 2 aliphatic heterocycles. The van der Waals surface area contributed by atoms with Gasteiger partial charge in [-0.15, -0.1) is 0 Å². The first-order valence-corrected chi connectivity index (χ1v) is 9.46. The van der Waals surface area contributed by atoms with Crippen molar-refractivity contribution in [2.75, 3.05) is 24.7 Å². The number of ether oxygens (including phenoxy) is 1. The average Bonchev–Trinajstić information content (AvgIpc) is 2.54.